The van der Waals surface area contributed by atoms with Crippen molar-refractivity contribution in [3.05, 3.63) is 0 Å². The zero-order chi connectivity index (χ0) is 33.9. The van der Waals surface area contributed by atoms with Gasteiger partial charge in [0.2, 0.25) is 11.8 Å². The van der Waals surface area contributed by atoms with Crippen LogP contribution in [0, 0.1) is 12.3 Å². The molecular weight excluding hydrogens is 590 g/mol. The smallest absolute Gasteiger partial charge is 0.306 e. The van der Waals surface area contributed by atoms with E-state index in [1.54, 1.807) is 0 Å². The summed E-state index contributed by atoms with van der Waals surface area (Å²) in [6, 6.07) is 0. The minimum absolute atomic E-state index is 0.158. The molecule has 0 spiro atoms. The standard InChI is InChI=1S/C30H51N5O10/c1-6-16-33(19-10-26(37)32-15-24-35(21-12-29(40)44-4)22-13-30(41)45-5)18-9-25(36)31-14-23-34(20-11-28(39)43-3)17-7-8-27(38)42-2/h1H,7-24H2,2-5H3,(H,31,36)(H,32,37). The van der Waals surface area contributed by atoms with Crippen LogP contribution in [0.25, 0.3) is 0 Å². The average Bonchev–Trinajstić information content (AvgIpc) is 3.04. The zero-order valence-corrected chi connectivity index (χ0v) is 27.2. The number of amides is 2. The number of methoxy groups -OCH3 is 4. The molecule has 15 heteroatoms. The van der Waals surface area contributed by atoms with Gasteiger partial charge in [-0.2, -0.15) is 0 Å². The normalized spacial score (nSPS) is 10.7. The summed E-state index contributed by atoms with van der Waals surface area (Å²) in [6.45, 7) is 4.32. The molecule has 2 N–H and O–H groups in total. The van der Waals surface area contributed by atoms with Gasteiger partial charge in [-0.25, -0.2) is 0 Å². The lowest BCUT2D eigenvalue weighted by Crippen LogP contribution is -2.39. The monoisotopic (exact) mass is 641 g/mol. The summed E-state index contributed by atoms with van der Waals surface area (Å²) < 4.78 is 18.7. The molecule has 0 aromatic rings. The van der Waals surface area contributed by atoms with Crippen molar-refractivity contribution >= 4 is 35.7 Å². The maximum absolute atomic E-state index is 12.5. The molecule has 0 rings (SSSR count). The van der Waals surface area contributed by atoms with Crippen LogP contribution in [0.3, 0.4) is 0 Å². The largest absolute Gasteiger partial charge is 0.469 e. The quantitative estimate of drug-likeness (QED) is 0.0682. The van der Waals surface area contributed by atoms with Crippen molar-refractivity contribution in [3.8, 4) is 12.3 Å². The first kappa shape index (κ1) is 41.3. The van der Waals surface area contributed by atoms with Crippen LogP contribution < -0.4 is 10.6 Å². The second-order valence-corrected chi connectivity index (χ2v) is 10.0. The lowest BCUT2D eigenvalue weighted by molar-refractivity contribution is -0.142. The fraction of sp³-hybridized carbons (Fsp3) is 0.733. The highest BCUT2D eigenvalue weighted by Crippen LogP contribution is 2.01. The van der Waals surface area contributed by atoms with E-state index in [-0.39, 0.29) is 80.8 Å². The van der Waals surface area contributed by atoms with E-state index >= 15 is 0 Å². The first-order chi connectivity index (χ1) is 21.6. The Morgan fingerprint density at radius 2 is 0.867 bits per heavy atom. The van der Waals surface area contributed by atoms with Crippen LogP contribution in [0.2, 0.25) is 0 Å². The molecular formula is C30H51N5O10. The Morgan fingerprint density at radius 3 is 1.24 bits per heavy atom. The predicted molar refractivity (Wildman–Crippen MR) is 165 cm³/mol. The number of esters is 4. The van der Waals surface area contributed by atoms with Gasteiger partial charge in [0.1, 0.15) is 0 Å². The van der Waals surface area contributed by atoms with E-state index in [1.165, 1.54) is 28.4 Å². The number of nitrogens with one attached hydrogen (secondary N) is 2. The van der Waals surface area contributed by atoms with Gasteiger partial charge < -0.3 is 39.4 Å². The number of carbonyl (C=O) groups excluding carboxylic acids is 6. The number of nitrogens with zero attached hydrogens (tertiary/aromatic N) is 3. The van der Waals surface area contributed by atoms with Gasteiger partial charge in [0.25, 0.3) is 0 Å². The van der Waals surface area contributed by atoms with E-state index < -0.39 is 0 Å². The van der Waals surface area contributed by atoms with Crippen LogP contribution >= 0.6 is 0 Å². The van der Waals surface area contributed by atoms with Crippen molar-refractivity contribution in [2.45, 2.75) is 44.9 Å². The summed E-state index contributed by atoms with van der Waals surface area (Å²) in [5.41, 5.74) is 0. The first-order valence-electron chi connectivity index (χ1n) is 15.0. The maximum atomic E-state index is 12.5. The lowest BCUT2D eigenvalue weighted by Gasteiger charge is -2.23. The van der Waals surface area contributed by atoms with E-state index in [4.69, 9.17) is 11.2 Å². The Balaban J connectivity index is 4.58. The number of hydrogen-bond donors (Lipinski definition) is 2. The van der Waals surface area contributed by atoms with E-state index in [9.17, 15) is 28.8 Å². The van der Waals surface area contributed by atoms with Crippen LogP contribution in [0.1, 0.15) is 44.9 Å². The van der Waals surface area contributed by atoms with Crippen molar-refractivity contribution in [3.63, 3.8) is 0 Å². The topological polar surface area (TPSA) is 173 Å². The molecule has 0 aliphatic carbocycles. The molecule has 0 unspecified atom stereocenters. The van der Waals surface area contributed by atoms with E-state index in [0.717, 1.165) is 0 Å². The second kappa shape index (κ2) is 26.6. The Hall–Kier alpha value is -3.74. The fourth-order valence-corrected chi connectivity index (χ4v) is 4.08. The summed E-state index contributed by atoms with van der Waals surface area (Å²) in [5.74, 6) is 0.798. The molecule has 0 aliphatic heterocycles. The average molecular weight is 642 g/mol. The van der Waals surface area contributed by atoms with Gasteiger partial charge in [-0.05, 0) is 13.0 Å². The van der Waals surface area contributed by atoms with Crippen molar-refractivity contribution in [2.75, 3.05) is 100 Å². The molecule has 0 heterocycles. The number of carbonyl (C=O) groups is 6. The highest BCUT2D eigenvalue weighted by atomic mass is 16.5. The molecule has 0 aromatic carbocycles. The highest BCUT2D eigenvalue weighted by molar-refractivity contribution is 5.76. The molecule has 0 saturated carbocycles. The highest BCUT2D eigenvalue weighted by Gasteiger charge is 2.14. The predicted octanol–water partition coefficient (Wildman–Crippen LogP) is -0.819. The Bertz CT molecular complexity index is 936. The third-order valence-electron chi connectivity index (χ3n) is 6.79. The van der Waals surface area contributed by atoms with Crippen molar-refractivity contribution in [1.82, 2.24) is 25.3 Å². The SMILES string of the molecule is C#CCN(CCC(=O)NCCN(CCCC(=O)OC)CCC(=O)OC)CCC(=O)NCCN(CCC(=O)OC)CCC(=O)OC. The van der Waals surface area contributed by atoms with E-state index in [2.05, 4.69) is 30.8 Å². The van der Waals surface area contributed by atoms with Crippen LogP contribution in [-0.2, 0) is 47.7 Å². The third-order valence-corrected chi connectivity index (χ3v) is 6.79. The molecule has 0 saturated heterocycles. The summed E-state index contributed by atoms with van der Waals surface area (Å²) in [7, 11) is 5.27. The van der Waals surface area contributed by atoms with Gasteiger partial charge in [0.05, 0.1) is 54.2 Å². The minimum Gasteiger partial charge on any atom is -0.469 e. The first-order valence-corrected chi connectivity index (χ1v) is 15.0. The molecule has 256 valence electrons. The summed E-state index contributed by atoms with van der Waals surface area (Å²) in [6.07, 6.45) is 7.17. The van der Waals surface area contributed by atoms with Crippen molar-refractivity contribution < 1.29 is 47.7 Å². The van der Waals surface area contributed by atoms with E-state index in [0.29, 0.717) is 71.9 Å². The van der Waals surface area contributed by atoms with Gasteiger partial charge in [-0.15, -0.1) is 6.42 Å². The van der Waals surface area contributed by atoms with Gasteiger partial charge in [-0.1, -0.05) is 5.92 Å². The Kier molecular flexibility index (Phi) is 24.4. The van der Waals surface area contributed by atoms with E-state index in [1.807, 2.05) is 14.7 Å². The van der Waals surface area contributed by atoms with Gasteiger partial charge in [-0.3, -0.25) is 33.7 Å². The number of terminal acetylenes is 1. The van der Waals surface area contributed by atoms with Crippen LogP contribution in [0.15, 0.2) is 0 Å². The molecule has 0 aliphatic rings. The van der Waals surface area contributed by atoms with Crippen molar-refractivity contribution in [1.29, 1.82) is 0 Å². The lowest BCUT2D eigenvalue weighted by atomic mass is 10.2. The van der Waals surface area contributed by atoms with Gasteiger partial charge >= 0.3 is 23.9 Å². The molecule has 0 aromatic heterocycles. The summed E-state index contributed by atoms with van der Waals surface area (Å²) >= 11 is 0. The minimum atomic E-state index is -0.366. The molecule has 45 heavy (non-hydrogen) atoms. The van der Waals surface area contributed by atoms with Crippen LogP contribution in [-0.4, -0.2) is 151 Å². The summed E-state index contributed by atoms with van der Waals surface area (Å²) in [5, 5.41) is 5.69. The third kappa shape index (κ3) is 23.3. The van der Waals surface area contributed by atoms with Gasteiger partial charge in [0, 0.05) is 78.2 Å². The maximum Gasteiger partial charge on any atom is 0.306 e. The van der Waals surface area contributed by atoms with Gasteiger partial charge in [0.15, 0.2) is 0 Å². The Labute approximate surface area is 266 Å². The molecule has 0 radical (unpaired) electrons. The molecule has 0 fully saturated rings. The van der Waals surface area contributed by atoms with Crippen LogP contribution in [0.4, 0.5) is 0 Å². The zero-order valence-electron chi connectivity index (χ0n) is 27.2. The fourth-order valence-electron chi connectivity index (χ4n) is 4.08. The van der Waals surface area contributed by atoms with Crippen molar-refractivity contribution in [2.24, 2.45) is 0 Å². The molecule has 15 nitrogen and oxygen atoms in total. The van der Waals surface area contributed by atoms with Crippen LogP contribution in [0.5, 0.6) is 0 Å². The number of rotatable bonds is 26. The Morgan fingerprint density at radius 1 is 0.511 bits per heavy atom. The molecule has 2 amide bonds. The molecule has 0 bridgehead atoms. The molecule has 0 atom stereocenters. The number of hydrogen-bond acceptors (Lipinski definition) is 13. The second-order valence-electron chi connectivity index (χ2n) is 10.0. The number of ether oxygens (including phenoxy) is 4. The summed E-state index contributed by atoms with van der Waals surface area (Å²) in [4.78, 5) is 76.6.